The van der Waals surface area contributed by atoms with Crippen molar-refractivity contribution < 1.29 is 17.9 Å². The van der Waals surface area contributed by atoms with Crippen LogP contribution in [0.1, 0.15) is 11.1 Å². The molecule has 0 saturated heterocycles. The number of benzene rings is 2. The number of hydrogen-bond donors (Lipinski definition) is 0. The number of methoxy groups -OCH3 is 1. The van der Waals surface area contributed by atoms with Crippen LogP contribution in [0.4, 0.5) is 5.69 Å². The second kappa shape index (κ2) is 7.09. The van der Waals surface area contributed by atoms with Gasteiger partial charge in [0.1, 0.15) is 5.75 Å². The first kappa shape index (κ1) is 18.4. The van der Waals surface area contributed by atoms with Gasteiger partial charge in [0.2, 0.25) is 15.9 Å². The number of rotatable bonds is 6. The summed E-state index contributed by atoms with van der Waals surface area (Å²) in [5.41, 5.74) is 2.47. The number of likely N-dealkylation sites (N-methyl/N-ethyl adjacent to an activating group) is 2. The van der Waals surface area contributed by atoms with Crippen molar-refractivity contribution in [3.63, 3.8) is 0 Å². The Bertz CT molecular complexity index is 940. The number of ether oxygens (including phenoxy) is 1. The molecule has 1 heterocycles. The van der Waals surface area contributed by atoms with Gasteiger partial charge in [0, 0.05) is 26.3 Å². The van der Waals surface area contributed by atoms with Gasteiger partial charge in [-0.15, -0.1) is 0 Å². The topological polar surface area (TPSA) is 66.9 Å². The van der Waals surface area contributed by atoms with E-state index in [9.17, 15) is 13.2 Å². The molecule has 0 bridgehead atoms. The molecule has 2 aromatic carbocycles. The summed E-state index contributed by atoms with van der Waals surface area (Å²) in [6.45, 7) is 0.332. The Hall–Kier alpha value is -2.38. The molecule has 0 radical (unpaired) electrons. The van der Waals surface area contributed by atoms with Crippen molar-refractivity contribution in [2.75, 3.05) is 32.6 Å². The molecule has 2 aromatic rings. The van der Waals surface area contributed by atoms with Crippen LogP contribution in [0.5, 0.6) is 5.75 Å². The molecule has 3 rings (SSSR count). The number of carbonyl (C=O) groups is 1. The monoisotopic (exact) mass is 374 g/mol. The van der Waals surface area contributed by atoms with Crippen molar-refractivity contribution in [2.45, 2.75) is 17.7 Å². The number of sulfonamides is 1. The molecule has 0 spiro atoms. The highest BCUT2D eigenvalue weighted by molar-refractivity contribution is 7.89. The maximum Gasteiger partial charge on any atom is 0.242 e. The summed E-state index contributed by atoms with van der Waals surface area (Å²) >= 11 is 0. The molecule has 0 fully saturated rings. The summed E-state index contributed by atoms with van der Waals surface area (Å²) in [4.78, 5) is 13.6. The highest BCUT2D eigenvalue weighted by Crippen LogP contribution is 2.30. The molecule has 7 heteroatoms. The molecule has 26 heavy (non-hydrogen) atoms. The van der Waals surface area contributed by atoms with E-state index >= 15 is 0 Å². The van der Waals surface area contributed by atoms with Crippen LogP contribution in [-0.2, 0) is 27.7 Å². The van der Waals surface area contributed by atoms with E-state index in [2.05, 4.69) is 0 Å². The molecular formula is C19H22N2O4S. The van der Waals surface area contributed by atoms with E-state index in [1.54, 1.807) is 44.3 Å². The van der Waals surface area contributed by atoms with Gasteiger partial charge in [-0.3, -0.25) is 4.79 Å². The third-order valence-corrected chi connectivity index (χ3v) is 6.58. The van der Waals surface area contributed by atoms with Crippen LogP contribution in [0.15, 0.2) is 47.4 Å². The minimum Gasteiger partial charge on any atom is -0.496 e. The van der Waals surface area contributed by atoms with Crippen molar-refractivity contribution in [1.29, 1.82) is 0 Å². The summed E-state index contributed by atoms with van der Waals surface area (Å²) in [6, 6.07) is 12.4. The molecule has 0 saturated carbocycles. The van der Waals surface area contributed by atoms with Crippen LogP contribution in [0.2, 0.25) is 0 Å². The predicted octanol–water partition coefficient (Wildman–Crippen LogP) is 2.08. The Morgan fingerprint density at radius 3 is 2.65 bits per heavy atom. The molecule has 1 aliphatic rings. The van der Waals surface area contributed by atoms with Crippen molar-refractivity contribution in [1.82, 2.24) is 4.31 Å². The van der Waals surface area contributed by atoms with E-state index in [0.29, 0.717) is 13.0 Å². The van der Waals surface area contributed by atoms with Crippen molar-refractivity contribution in [2.24, 2.45) is 0 Å². The number of anilines is 1. The van der Waals surface area contributed by atoms with Crippen molar-refractivity contribution >= 4 is 21.6 Å². The third-order valence-electron chi connectivity index (χ3n) is 4.72. The van der Waals surface area contributed by atoms with Crippen LogP contribution in [0.25, 0.3) is 0 Å². The largest absolute Gasteiger partial charge is 0.496 e. The van der Waals surface area contributed by atoms with E-state index < -0.39 is 10.0 Å². The van der Waals surface area contributed by atoms with Gasteiger partial charge in [-0.05, 0) is 41.8 Å². The number of carbonyl (C=O) groups excluding carboxylic acids is 1. The Kier molecular flexibility index (Phi) is 5.02. The van der Waals surface area contributed by atoms with Crippen LogP contribution < -0.4 is 9.64 Å². The number of fused-ring (bicyclic) bond motifs is 1. The van der Waals surface area contributed by atoms with Crippen molar-refractivity contribution in [3.05, 3.63) is 53.6 Å². The fourth-order valence-corrected chi connectivity index (χ4v) is 4.32. The number of amides is 1. The van der Waals surface area contributed by atoms with E-state index in [1.807, 2.05) is 24.3 Å². The fourth-order valence-electron chi connectivity index (χ4n) is 3.09. The highest BCUT2D eigenvalue weighted by Gasteiger charge is 2.27. The lowest BCUT2D eigenvalue weighted by molar-refractivity contribution is -0.117. The van der Waals surface area contributed by atoms with E-state index in [1.165, 1.54) is 4.31 Å². The summed E-state index contributed by atoms with van der Waals surface area (Å²) in [7, 11) is 1.24. The predicted molar refractivity (Wildman–Crippen MR) is 100 cm³/mol. The summed E-state index contributed by atoms with van der Waals surface area (Å²) in [6.07, 6.45) is 0.784. The average Bonchev–Trinajstić information content (AvgIpc) is 2.93. The minimum atomic E-state index is -3.62. The first-order valence-corrected chi connectivity index (χ1v) is 9.76. The van der Waals surface area contributed by atoms with Crippen LogP contribution in [0.3, 0.4) is 0 Å². The van der Waals surface area contributed by atoms with Gasteiger partial charge in [-0.2, -0.15) is 0 Å². The smallest absolute Gasteiger partial charge is 0.242 e. The van der Waals surface area contributed by atoms with Gasteiger partial charge in [-0.25, -0.2) is 12.7 Å². The molecule has 1 amide bonds. The molecule has 0 atom stereocenters. The molecule has 138 valence electrons. The lowest BCUT2D eigenvalue weighted by atomic mass is 10.1. The van der Waals surface area contributed by atoms with Crippen molar-refractivity contribution in [3.8, 4) is 5.75 Å². The zero-order valence-corrected chi connectivity index (χ0v) is 15.9. The van der Waals surface area contributed by atoms with E-state index in [-0.39, 0.29) is 17.2 Å². The zero-order valence-electron chi connectivity index (χ0n) is 15.1. The number of para-hydroxylation sites is 1. The fraction of sp³-hybridized carbons (Fsp3) is 0.316. The Morgan fingerprint density at radius 2 is 1.92 bits per heavy atom. The maximum atomic E-state index is 12.9. The third kappa shape index (κ3) is 3.32. The van der Waals surface area contributed by atoms with Gasteiger partial charge < -0.3 is 9.64 Å². The molecule has 0 aromatic heterocycles. The summed E-state index contributed by atoms with van der Waals surface area (Å²) < 4.78 is 32.4. The first-order chi connectivity index (χ1) is 12.3. The first-order valence-electron chi connectivity index (χ1n) is 8.32. The number of nitrogens with zero attached hydrogens (tertiary/aromatic N) is 2. The molecule has 0 aliphatic carbocycles. The Labute approximate surface area is 154 Å². The van der Waals surface area contributed by atoms with E-state index in [0.717, 1.165) is 22.6 Å². The normalized spacial score (nSPS) is 14.0. The summed E-state index contributed by atoms with van der Waals surface area (Å²) in [5, 5.41) is 0. The van der Waals surface area contributed by atoms with Gasteiger partial charge >= 0.3 is 0 Å². The second-order valence-corrected chi connectivity index (χ2v) is 8.35. The quantitative estimate of drug-likeness (QED) is 0.776. The SMILES string of the molecule is COc1ccccc1CCN(C)S(=O)(=O)c1ccc2c(c1)CC(=O)N2C. The van der Waals surface area contributed by atoms with Crippen LogP contribution in [-0.4, -0.2) is 46.4 Å². The van der Waals surface area contributed by atoms with Crippen LogP contribution in [0, 0.1) is 0 Å². The standard InChI is InChI=1S/C19H22N2O4S/c1-20(11-10-14-6-4-5-7-18(14)25-3)26(23,24)16-8-9-17-15(12-16)13-19(22)21(17)2/h4-9,12H,10-11,13H2,1-3H3. The molecule has 1 aliphatic heterocycles. The summed E-state index contributed by atoms with van der Waals surface area (Å²) in [5.74, 6) is 0.719. The Morgan fingerprint density at radius 1 is 1.19 bits per heavy atom. The maximum absolute atomic E-state index is 12.9. The zero-order chi connectivity index (χ0) is 18.9. The number of hydrogen-bond acceptors (Lipinski definition) is 4. The van der Waals surface area contributed by atoms with Crippen LogP contribution >= 0.6 is 0 Å². The van der Waals surface area contributed by atoms with Gasteiger partial charge in [0.25, 0.3) is 0 Å². The highest BCUT2D eigenvalue weighted by atomic mass is 32.2. The van der Waals surface area contributed by atoms with Gasteiger partial charge in [0.05, 0.1) is 18.4 Å². The molecule has 0 unspecified atom stereocenters. The van der Waals surface area contributed by atoms with Gasteiger partial charge in [0.15, 0.2) is 0 Å². The molecule has 6 nitrogen and oxygen atoms in total. The average molecular weight is 374 g/mol. The lowest BCUT2D eigenvalue weighted by Crippen LogP contribution is -2.29. The lowest BCUT2D eigenvalue weighted by Gasteiger charge is -2.19. The molecular weight excluding hydrogens is 352 g/mol. The second-order valence-electron chi connectivity index (χ2n) is 6.31. The Balaban J connectivity index is 1.78. The molecule has 0 N–H and O–H groups in total. The van der Waals surface area contributed by atoms with E-state index in [4.69, 9.17) is 4.74 Å². The van der Waals surface area contributed by atoms with Gasteiger partial charge in [-0.1, -0.05) is 18.2 Å². The minimum absolute atomic E-state index is 0.0286.